The fourth-order valence-corrected chi connectivity index (χ4v) is 3.57. The van der Waals surface area contributed by atoms with E-state index in [9.17, 15) is 8.42 Å². The van der Waals surface area contributed by atoms with Crippen LogP contribution in [-0.4, -0.2) is 31.2 Å². The van der Waals surface area contributed by atoms with E-state index in [1.807, 2.05) is 0 Å². The smallest absolute Gasteiger partial charge is 0.242 e. The summed E-state index contributed by atoms with van der Waals surface area (Å²) in [7, 11) is -3.61. The fraction of sp³-hybridized carbons (Fsp3) is 0.385. The third-order valence-electron chi connectivity index (χ3n) is 3.11. The number of rotatable bonds is 6. The number of aliphatic hydroxyl groups excluding tert-OH is 1. The van der Waals surface area contributed by atoms with Gasteiger partial charge in [0, 0.05) is 35.4 Å². The molecule has 0 aliphatic carbocycles. The Labute approximate surface area is 118 Å². The van der Waals surface area contributed by atoms with E-state index in [0.29, 0.717) is 23.9 Å². The summed E-state index contributed by atoms with van der Waals surface area (Å²) in [4.78, 5) is 3.11. The maximum atomic E-state index is 12.4. The first-order valence-corrected chi connectivity index (χ1v) is 7.92. The average Bonchev–Trinajstić information content (AvgIpc) is 2.79. The van der Waals surface area contributed by atoms with Crippen molar-refractivity contribution in [3.63, 3.8) is 0 Å². The molecule has 6 nitrogen and oxygen atoms in total. The van der Waals surface area contributed by atoms with Gasteiger partial charge < -0.3 is 15.8 Å². The van der Waals surface area contributed by atoms with Gasteiger partial charge in [-0.1, -0.05) is 0 Å². The van der Waals surface area contributed by atoms with Crippen molar-refractivity contribution in [1.29, 1.82) is 0 Å². The van der Waals surface area contributed by atoms with Crippen LogP contribution in [0.5, 0.6) is 0 Å². The minimum absolute atomic E-state index is 0.0513. The van der Waals surface area contributed by atoms with Crippen molar-refractivity contribution in [3.05, 3.63) is 24.4 Å². The molecule has 0 spiro atoms. The predicted molar refractivity (Wildman–Crippen MR) is 78.8 cm³/mol. The van der Waals surface area contributed by atoms with Crippen LogP contribution in [0.2, 0.25) is 0 Å². The summed E-state index contributed by atoms with van der Waals surface area (Å²) in [6, 6.07) is 4.86. The second kappa shape index (κ2) is 5.82. The Morgan fingerprint density at radius 2 is 2.20 bits per heavy atom. The Morgan fingerprint density at radius 1 is 1.45 bits per heavy atom. The average molecular weight is 297 g/mol. The van der Waals surface area contributed by atoms with E-state index in [4.69, 9.17) is 10.8 Å². The summed E-state index contributed by atoms with van der Waals surface area (Å²) < 4.78 is 27.3. The molecule has 1 heterocycles. The lowest BCUT2D eigenvalue weighted by Gasteiger charge is -2.13. The molecule has 0 bridgehead atoms. The van der Waals surface area contributed by atoms with E-state index in [1.54, 1.807) is 25.1 Å². The highest BCUT2D eigenvalue weighted by atomic mass is 32.2. The summed E-state index contributed by atoms with van der Waals surface area (Å²) in [6.45, 7) is 1.83. The maximum Gasteiger partial charge on any atom is 0.242 e. The molecule has 5 N–H and O–H groups in total. The number of aromatic amines is 1. The highest BCUT2D eigenvalue weighted by Crippen LogP contribution is 2.24. The number of nitrogens with two attached hydrogens (primary N) is 1. The number of hydrogen-bond acceptors (Lipinski definition) is 4. The molecule has 2 aromatic rings. The number of aliphatic hydroxyl groups is 1. The molecule has 110 valence electrons. The highest BCUT2D eigenvalue weighted by molar-refractivity contribution is 7.89. The van der Waals surface area contributed by atoms with Gasteiger partial charge in [0.1, 0.15) is 4.90 Å². The van der Waals surface area contributed by atoms with Gasteiger partial charge in [-0.3, -0.25) is 0 Å². The molecule has 0 aliphatic heterocycles. The molecule has 1 aromatic heterocycles. The van der Waals surface area contributed by atoms with E-state index in [-0.39, 0.29) is 17.5 Å². The number of aromatic nitrogens is 1. The Hall–Kier alpha value is -1.57. The third-order valence-corrected chi connectivity index (χ3v) is 4.74. The highest BCUT2D eigenvalue weighted by Gasteiger charge is 2.21. The normalized spacial score (nSPS) is 13.7. The molecule has 0 aliphatic rings. The Kier molecular flexibility index (Phi) is 4.32. The number of benzene rings is 1. The minimum atomic E-state index is -3.61. The fourth-order valence-electron chi connectivity index (χ4n) is 2.12. The van der Waals surface area contributed by atoms with E-state index in [0.717, 1.165) is 5.52 Å². The second-order valence-electron chi connectivity index (χ2n) is 4.85. The van der Waals surface area contributed by atoms with Crippen LogP contribution in [0, 0.1) is 0 Å². The molecule has 1 unspecified atom stereocenters. The molecule has 0 saturated carbocycles. The van der Waals surface area contributed by atoms with Gasteiger partial charge in [0.15, 0.2) is 0 Å². The van der Waals surface area contributed by atoms with Crippen LogP contribution in [0.4, 0.5) is 5.69 Å². The van der Waals surface area contributed by atoms with Crippen LogP contribution in [0.3, 0.4) is 0 Å². The molecule has 0 saturated heterocycles. The SMILES string of the molecule is CC(CCCO)NS(=O)(=O)c1c[nH]c2ccc(N)cc12. The lowest BCUT2D eigenvalue weighted by atomic mass is 10.2. The predicted octanol–water partition coefficient (Wildman–Crippen LogP) is 1.19. The van der Waals surface area contributed by atoms with Gasteiger partial charge in [0.25, 0.3) is 0 Å². The zero-order chi connectivity index (χ0) is 14.8. The van der Waals surface area contributed by atoms with Crippen molar-refractivity contribution in [1.82, 2.24) is 9.71 Å². The number of nitrogens with one attached hydrogen (secondary N) is 2. The van der Waals surface area contributed by atoms with Crippen LogP contribution >= 0.6 is 0 Å². The summed E-state index contributed by atoms with van der Waals surface area (Å²) >= 11 is 0. The molecule has 20 heavy (non-hydrogen) atoms. The Bertz CT molecular complexity index is 694. The number of anilines is 1. The van der Waals surface area contributed by atoms with Crippen LogP contribution in [0.1, 0.15) is 19.8 Å². The summed E-state index contributed by atoms with van der Waals surface area (Å²) in [5.41, 5.74) is 6.95. The summed E-state index contributed by atoms with van der Waals surface area (Å²) in [5.74, 6) is 0. The maximum absolute atomic E-state index is 12.4. The van der Waals surface area contributed by atoms with Gasteiger partial charge in [-0.05, 0) is 38.0 Å². The Balaban J connectivity index is 2.30. The number of fused-ring (bicyclic) bond motifs is 1. The van der Waals surface area contributed by atoms with Gasteiger partial charge in [0.2, 0.25) is 10.0 Å². The van der Waals surface area contributed by atoms with E-state index in [2.05, 4.69) is 9.71 Å². The molecule has 0 radical (unpaired) electrons. The summed E-state index contributed by atoms with van der Waals surface area (Å²) in [5, 5.41) is 9.35. The van der Waals surface area contributed by atoms with Crippen LogP contribution in [0.15, 0.2) is 29.3 Å². The van der Waals surface area contributed by atoms with Gasteiger partial charge in [-0.2, -0.15) is 0 Å². The third kappa shape index (κ3) is 3.12. The van der Waals surface area contributed by atoms with Crippen molar-refractivity contribution < 1.29 is 13.5 Å². The minimum Gasteiger partial charge on any atom is -0.399 e. The van der Waals surface area contributed by atoms with Gasteiger partial charge in [-0.15, -0.1) is 0 Å². The number of nitrogen functional groups attached to an aromatic ring is 1. The van der Waals surface area contributed by atoms with Crippen molar-refractivity contribution in [2.24, 2.45) is 0 Å². The molecule has 0 fully saturated rings. The topological polar surface area (TPSA) is 108 Å². The molecule has 2 rings (SSSR count). The van der Waals surface area contributed by atoms with Crippen molar-refractivity contribution in [2.45, 2.75) is 30.7 Å². The van der Waals surface area contributed by atoms with Crippen LogP contribution in [0.25, 0.3) is 10.9 Å². The van der Waals surface area contributed by atoms with Gasteiger partial charge >= 0.3 is 0 Å². The summed E-state index contributed by atoms with van der Waals surface area (Å²) in [6.07, 6.45) is 2.61. The number of sulfonamides is 1. The first-order valence-electron chi connectivity index (χ1n) is 6.44. The molecule has 1 aromatic carbocycles. The van der Waals surface area contributed by atoms with E-state index >= 15 is 0 Å². The molecular weight excluding hydrogens is 278 g/mol. The second-order valence-corrected chi connectivity index (χ2v) is 6.53. The first kappa shape index (κ1) is 14.8. The molecule has 7 heteroatoms. The zero-order valence-electron chi connectivity index (χ0n) is 11.3. The van der Waals surface area contributed by atoms with Crippen molar-refractivity contribution >= 4 is 26.6 Å². The molecule has 1 atom stereocenters. The van der Waals surface area contributed by atoms with Crippen LogP contribution in [-0.2, 0) is 10.0 Å². The standard InChI is InChI=1S/C13H19N3O3S/c1-9(3-2-6-17)16-20(18,19)13-8-15-12-5-4-10(14)7-11(12)13/h4-5,7-9,15-17H,2-3,6,14H2,1H3. The largest absolute Gasteiger partial charge is 0.399 e. The number of H-pyrrole nitrogens is 1. The lowest BCUT2D eigenvalue weighted by Crippen LogP contribution is -2.32. The monoisotopic (exact) mass is 297 g/mol. The van der Waals surface area contributed by atoms with E-state index < -0.39 is 10.0 Å². The van der Waals surface area contributed by atoms with Crippen molar-refractivity contribution in [2.75, 3.05) is 12.3 Å². The quantitative estimate of drug-likeness (QED) is 0.600. The molecule has 0 amide bonds. The number of hydrogen-bond donors (Lipinski definition) is 4. The van der Waals surface area contributed by atoms with Crippen LogP contribution < -0.4 is 10.5 Å². The lowest BCUT2D eigenvalue weighted by molar-refractivity contribution is 0.279. The molecular formula is C13H19N3O3S. The van der Waals surface area contributed by atoms with E-state index in [1.165, 1.54) is 6.20 Å². The van der Waals surface area contributed by atoms with Gasteiger partial charge in [0.05, 0.1) is 0 Å². The van der Waals surface area contributed by atoms with Gasteiger partial charge in [-0.25, -0.2) is 13.1 Å². The van der Waals surface area contributed by atoms with Crippen molar-refractivity contribution in [3.8, 4) is 0 Å². The Morgan fingerprint density at radius 3 is 2.90 bits per heavy atom. The zero-order valence-corrected chi connectivity index (χ0v) is 12.1. The first-order chi connectivity index (χ1) is 9.44.